The molecule has 0 fully saturated rings. The first-order chi connectivity index (χ1) is 16.4. The number of hydrogen-bond donors (Lipinski definition) is 2. The summed E-state index contributed by atoms with van der Waals surface area (Å²) in [5.41, 5.74) is 7.59. The van der Waals surface area contributed by atoms with Crippen molar-refractivity contribution in [3.05, 3.63) is 90.8 Å². The van der Waals surface area contributed by atoms with Crippen molar-refractivity contribution < 1.29 is 18.7 Å². The predicted octanol–water partition coefficient (Wildman–Crippen LogP) is 3.40. The number of aromatic nitrogens is 3. The van der Waals surface area contributed by atoms with Crippen molar-refractivity contribution in [2.45, 2.75) is 19.4 Å². The Morgan fingerprint density at radius 2 is 1.74 bits per heavy atom. The van der Waals surface area contributed by atoms with E-state index in [-0.39, 0.29) is 18.1 Å². The van der Waals surface area contributed by atoms with Gasteiger partial charge in [0.1, 0.15) is 35.5 Å². The van der Waals surface area contributed by atoms with Gasteiger partial charge in [-0.1, -0.05) is 6.07 Å². The molecule has 1 unspecified atom stereocenters. The fourth-order valence-electron chi connectivity index (χ4n) is 3.33. The van der Waals surface area contributed by atoms with Gasteiger partial charge in [-0.05, 0) is 60.7 Å². The van der Waals surface area contributed by atoms with Gasteiger partial charge in [0.2, 0.25) is 11.8 Å². The molecule has 4 rings (SSSR count). The van der Waals surface area contributed by atoms with E-state index in [1.807, 2.05) is 42.5 Å². The molecule has 0 radical (unpaired) electrons. The second-order valence-electron chi connectivity index (χ2n) is 7.59. The fraction of sp³-hybridized carbons (Fsp3) is 0.120. The zero-order valence-corrected chi connectivity index (χ0v) is 18.3. The molecule has 2 heterocycles. The smallest absolute Gasteiger partial charge is 0.240 e. The normalized spacial score (nSPS) is 11.6. The van der Waals surface area contributed by atoms with Gasteiger partial charge >= 0.3 is 0 Å². The SMILES string of the molecule is CC(=O)NC(Cc1cn(-c2cccc(-c3ccc(Oc4ccc(F)cc4)cc3)n2)cn1)C(N)=O. The summed E-state index contributed by atoms with van der Waals surface area (Å²) >= 11 is 0. The highest BCUT2D eigenvalue weighted by atomic mass is 19.1. The molecular weight excluding hydrogens is 437 g/mol. The first-order valence-corrected chi connectivity index (χ1v) is 10.5. The van der Waals surface area contributed by atoms with E-state index in [2.05, 4.69) is 10.3 Å². The number of carbonyl (C=O) groups is 2. The van der Waals surface area contributed by atoms with Gasteiger partial charge in [0, 0.05) is 25.1 Å². The van der Waals surface area contributed by atoms with Gasteiger partial charge in [0.05, 0.1) is 11.4 Å². The van der Waals surface area contributed by atoms with Gasteiger partial charge in [-0.25, -0.2) is 14.4 Å². The molecule has 0 saturated heterocycles. The van der Waals surface area contributed by atoms with Crippen LogP contribution in [0.4, 0.5) is 4.39 Å². The summed E-state index contributed by atoms with van der Waals surface area (Å²) in [4.78, 5) is 31.9. The van der Waals surface area contributed by atoms with E-state index < -0.39 is 11.9 Å². The maximum absolute atomic E-state index is 13.1. The van der Waals surface area contributed by atoms with E-state index in [1.165, 1.54) is 19.1 Å². The van der Waals surface area contributed by atoms with Crippen molar-refractivity contribution in [2.24, 2.45) is 5.73 Å². The van der Waals surface area contributed by atoms with Crippen LogP contribution in [0.2, 0.25) is 0 Å². The molecule has 0 aliphatic rings. The molecule has 0 spiro atoms. The number of ether oxygens (including phenoxy) is 1. The molecule has 0 aliphatic carbocycles. The third kappa shape index (κ3) is 5.63. The Bertz CT molecular complexity index is 1300. The standard InChI is InChI=1S/C25H22FN5O3/c1-16(32)29-23(25(27)33)13-19-14-31(15-28-19)24-4-2-3-22(30-24)17-5-9-20(10-6-17)34-21-11-7-18(26)8-12-21/h2-12,14-15,23H,13H2,1H3,(H2,27,33)(H,29,32). The summed E-state index contributed by atoms with van der Waals surface area (Å²) in [7, 11) is 0. The highest BCUT2D eigenvalue weighted by Crippen LogP contribution is 2.25. The minimum absolute atomic E-state index is 0.178. The number of pyridine rings is 1. The molecule has 2 aromatic carbocycles. The number of amides is 2. The van der Waals surface area contributed by atoms with Crippen LogP contribution < -0.4 is 15.8 Å². The molecule has 2 aromatic heterocycles. The quantitative estimate of drug-likeness (QED) is 0.419. The highest BCUT2D eigenvalue weighted by Gasteiger charge is 2.18. The van der Waals surface area contributed by atoms with E-state index in [0.29, 0.717) is 23.0 Å². The van der Waals surface area contributed by atoms with E-state index in [4.69, 9.17) is 15.5 Å². The number of primary amides is 1. The predicted molar refractivity (Wildman–Crippen MR) is 124 cm³/mol. The molecule has 3 N–H and O–H groups in total. The number of imidazole rings is 1. The molecule has 1 atom stereocenters. The first kappa shape index (κ1) is 22.7. The van der Waals surface area contributed by atoms with Crippen molar-refractivity contribution >= 4 is 11.8 Å². The number of nitrogens with two attached hydrogens (primary N) is 1. The fourth-order valence-corrected chi connectivity index (χ4v) is 3.33. The summed E-state index contributed by atoms with van der Waals surface area (Å²) < 4.78 is 20.5. The van der Waals surface area contributed by atoms with Crippen LogP contribution in [0.15, 0.2) is 79.3 Å². The minimum atomic E-state index is -0.837. The molecule has 8 nitrogen and oxygen atoms in total. The van der Waals surface area contributed by atoms with Crippen molar-refractivity contribution in [3.8, 4) is 28.6 Å². The number of rotatable bonds is 8. The largest absolute Gasteiger partial charge is 0.457 e. The van der Waals surface area contributed by atoms with Gasteiger partial charge in [0.15, 0.2) is 0 Å². The Morgan fingerprint density at radius 1 is 1.06 bits per heavy atom. The van der Waals surface area contributed by atoms with Crippen LogP contribution in [0.25, 0.3) is 17.1 Å². The van der Waals surface area contributed by atoms with Crippen LogP contribution in [0.3, 0.4) is 0 Å². The molecular formula is C25H22FN5O3. The Balaban J connectivity index is 1.48. The monoisotopic (exact) mass is 459 g/mol. The summed E-state index contributed by atoms with van der Waals surface area (Å²) in [6.07, 6.45) is 3.51. The summed E-state index contributed by atoms with van der Waals surface area (Å²) in [6, 6.07) is 18.0. The average molecular weight is 459 g/mol. The van der Waals surface area contributed by atoms with Crippen LogP contribution in [-0.4, -0.2) is 32.4 Å². The lowest BCUT2D eigenvalue weighted by atomic mass is 10.1. The Labute approximate surface area is 195 Å². The molecule has 2 amide bonds. The lowest BCUT2D eigenvalue weighted by Gasteiger charge is -2.12. The van der Waals surface area contributed by atoms with Gasteiger partial charge in [0.25, 0.3) is 0 Å². The van der Waals surface area contributed by atoms with Crippen LogP contribution in [0, 0.1) is 5.82 Å². The zero-order chi connectivity index (χ0) is 24.1. The maximum Gasteiger partial charge on any atom is 0.240 e. The Morgan fingerprint density at radius 3 is 2.38 bits per heavy atom. The van der Waals surface area contributed by atoms with Crippen LogP contribution in [-0.2, 0) is 16.0 Å². The summed E-state index contributed by atoms with van der Waals surface area (Å²) in [6.45, 7) is 1.32. The van der Waals surface area contributed by atoms with Crippen molar-refractivity contribution in [2.75, 3.05) is 0 Å². The van der Waals surface area contributed by atoms with E-state index in [0.717, 1.165) is 11.3 Å². The molecule has 4 aromatic rings. The van der Waals surface area contributed by atoms with E-state index in [1.54, 1.807) is 29.2 Å². The van der Waals surface area contributed by atoms with Crippen molar-refractivity contribution in [3.63, 3.8) is 0 Å². The third-order valence-electron chi connectivity index (χ3n) is 4.97. The third-order valence-corrected chi connectivity index (χ3v) is 4.97. The van der Waals surface area contributed by atoms with Crippen LogP contribution in [0.1, 0.15) is 12.6 Å². The number of benzene rings is 2. The molecule has 172 valence electrons. The van der Waals surface area contributed by atoms with Crippen molar-refractivity contribution in [1.82, 2.24) is 19.9 Å². The second-order valence-corrected chi connectivity index (χ2v) is 7.59. The topological polar surface area (TPSA) is 112 Å². The molecule has 9 heteroatoms. The molecule has 34 heavy (non-hydrogen) atoms. The number of carbonyl (C=O) groups excluding carboxylic acids is 2. The van der Waals surface area contributed by atoms with Gasteiger partial charge in [-0.15, -0.1) is 0 Å². The number of halogens is 1. The van der Waals surface area contributed by atoms with Crippen LogP contribution in [0.5, 0.6) is 11.5 Å². The van der Waals surface area contributed by atoms with Crippen LogP contribution >= 0.6 is 0 Å². The zero-order valence-electron chi connectivity index (χ0n) is 18.3. The van der Waals surface area contributed by atoms with Gasteiger partial charge in [-0.3, -0.25) is 14.2 Å². The molecule has 0 saturated carbocycles. The number of nitrogens with one attached hydrogen (secondary N) is 1. The number of hydrogen-bond acceptors (Lipinski definition) is 5. The minimum Gasteiger partial charge on any atom is -0.457 e. The lowest BCUT2D eigenvalue weighted by molar-refractivity contribution is -0.126. The highest BCUT2D eigenvalue weighted by molar-refractivity contribution is 5.85. The maximum atomic E-state index is 13.1. The first-order valence-electron chi connectivity index (χ1n) is 10.5. The van der Waals surface area contributed by atoms with E-state index in [9.17, 15) is 14.0 Å². The summed E-state index contributed by atoms with van der Waals surface area (Å²) in [5, 5.41) is 2.52. The second kappa shape index (κ2) is 9.95. The molecule has 0 aliphatic heterocycles. The van der Waals surface area contributed by atoms with Gasteiger partial charge in [-0.2, -0.15) is 0 Å². The van der Waals surface area contributed by atoms with Crippen molar-refractivity contribution in [1.29, 1.82) is 0 Å². The number of nitrogens with zero attached hydrogens (tertiary/aromatic N) is 3. The molecule has 0 bridgehead atoms. The van der Waals surface area contributed by atoms with Gasteiger partial charge < -0.3 is 15.8 Å². The Hall–Kier alpha value is -4.53. The summed E-state index contributed by atoms with van der Waals surface area (Å²) in [5.74, 6) is 0.511. The Kier molecular flexibility index (Phi) is 6.63. The van der Waals surface area contributed by atoms with E-state index >= 15 is 0 Å². The lowest BCUT2D eigenvalue weighted by Crippen LogP contribution is -2.45. The average Bonchev–Trinajstić information content (AvgIpc) is 3.29.